The summed E-state index contributed by atoms with van der Waals surface area (Å²) in [4.78, 5) is 15.5. The fraction of sp³-hybridized carbons (Fsp3) is 0.588. The molecule has 1 N–H and O–H groups in total. The van der Waals surface area contributed by atoms with Crippen molar-refractivity contribution in [1.29, 1.82) is 0 Å². The number of hydrazone groups is 1. The smallest absolute Gasteiger partial charge is 0.240 e. The minimum atomic E-state index is -0.00807. The number of rotatable bonds is 11. The van der Waals surface area contributed by atoms with Crippen LogP contribution in [0.1, 0.15) is 70.3 Å². The SMILES string of the molecule is CCCCCCCCCCC(=O)NN=Cc1ccncc1. The Balaban J connectivity index is 1.98. The molecule has 0 aliphatic carbocycles. The molecule has 4 nitrogen and oxygen atoms in total. The zero-order valence-corrected chi connectivity index (χ0v) is 13.1. The van der Waals surface area contributed by atoms with E-state index >= 15 is 0 Å². The number of nitrogens with zero attached hydrogens (tertiary/aromatic N) is 2. The molecule has 0 saturated heterocycles. The lowest BCUT2D eigenvalue weighted by molar-refractivity contribution is -0.121. The first kappa shape index (κ1) is 17.3. The molecular formula is C17H27N3O. The molecule has 4 heteroatoms. The Morgan fingerprint density at radius 2 is 1.71 bits per heavy atom. The van der Waals surface area contributed by atoms with Gasteiger partial charge in [0.2, 0.25) is 5.91 Å². The molecule has 1 amide bonds. The fourth-order valence-corrected chi connectivity index (χ4v) is 2.10. The average molecular weight is 289 g/mol. The number of hydrogen-bond donors (Lipinski definition) is 1. The molecule has 1 aromatic rings. The van der Waals surface area contributed by atoms with Crippen LogP contribution in [0.3, 0.4) is 0 Å². The van der Waals surface area contributed by atoms with Crippen LogP contribution in [0.4, 0.5) is 0 Å². The van der Waals surface area contributed by atoms with E-state index in [1.807, 2.05) is 12.1 Å². The Morgan fingerprint density at radius 3 is 2.38 bits per heavy atom. The molecule has 0 aliphatic heterocycles. The van der Waals surface area contributed by atoms with E-state index in [4.69, 9.17) is 0 Å². The van der Waals surface area contributed by atoms with Crippen LogP contribution >= 0.6 is 0 Å². The maximum atomic E-state index is 11.6. The van der Waals surface area contributed by atoms with Gasteiger partial charge >= 0.3 is 0 Å². The van der Waals surface area contributed by atoms with Crippen LogP contribution in [-0.4, -0.2) is 17.1 Å². The quantitative estimate of drug-likeness (QED) is 0.379. The normalized spacial score (nSPS) is 10.9. The number of nitrogens with one attached hydrogen (secondary N) is 1. The zero-order valence-electron chi connectivity index (χ0n) is 13.1. The number of unbranched alkanes of at least 4 members (excludes halogenated alkanes) is 7. The van der Waals surface area contributed by atoms with Crippen molar-refractivity contribution in [3.8, 4) is 0 Å². The number of amides is 1. The molecule has 21 heavy (non-hydrogen) atoms. The summed E-state index contributed by atoms with van der Waals surface area (Å²) in [5.41, 5.74) is 3.49. The third kappa shape index (κ3) is 9.77. The summed E-state index contributed by atoms with van der Waals surface area (Å²) in [7, 11) is 0. The third-order valence-corrected chi connectivity index (χ3v) is 3.37. The molecule has 0 saturated carbocycles. The minimum absolute atomic E-state index is 0.00807. The van der Waals surface area contributed by atoms with E-state index in [1.165, 1.54) is 38.5 Å². The Labute approximate surface area is 128 Å². The second-order valence-corrected chi connectivity index (χ2v) is 5.30. The van der Waals surface area contributed by atoms with Crippen LogP contribution in [0.5, 0.6) is 0 Å². The predicted molar refractivity (Wildman–Crippen MR) is 87.2 cm³/mol. The highest BCUT2D eigenvalue weighted by Crippen LogP contribution is 2.09. The molecule has 0 bridgehead atoms. The summed E-state index contributed by atoms with van der Waals surface area (Å²) in [6.45, 7) is 2.23. The summed E-state index contributed by atoms with van der Waals surface area (Å²) in [5, 5.41) is 3.94. The standard InChI is InChI=1S/C17H27N3O/c1-2-3-4-5-6-7-8-9-10-17(21)20-19-15-16-11-13-18-14-12-16/h11-15H,2-10H2,1H3,(H,20,21). The first-order valence-electron chi connectivity index (χ1n) is 8.05. The summed E-state index contributed by atoms with van der Waals surface area (Å²) in [6.07, 6.45) is 15.5. The molecule has 0 atom stereocenters. The second kappa shape index (κ2) is 12.1. The maximum Gasteiger partial charge on any atom is 0.240 e. The van der Waals surface area contributed by atoms with Gasteiger partial charge in [0.25, 0.3) is 0 Å². The van der Waals surface area contributed by atoms with Gasteiger partial charge in [-0.2, -0.15) is 5.10 Å². The summed E-state index contributed by atoms with van der Waals surface area (Å²) in [6, 6.07) is 3.68. The first-order chi connectivity index (χ1) is 10.3. The monoisotopic (exact) mass is 289 g/mol. The second-order valence-electron chi connectivity index (χ2n) is 5.30. The van der Waals surface area contributed by atoms with Gasteiger partial charge < -0.3 is 0 Å². The van der Waals surface area contributed by atoms with Crippen molar-refractivity contribution in [2.75, 3.05) is 0 Å². The highest BCUT2D eigenvalue weighted by molar-refractivity contribution is 5.82. The fourth-order valence-electron chi connectivity index (χ4n) is 2.10. The Kier molecular flexibility index (Phi) is 9.96. The van der Waals surface area contributed by atoms with Crippen molar-refractivity contribution in [2.24, 2.45) is 5.10 Å². The van der Waals surface area contributed by atoms with Gasteiger partial charge in [0.15, 0.2) is 0 Å². The Morgan fingerprint density at radius 1 is 1.10 bits per heavy atom. The lowest BCUT2D eigenvalue weighted by atomic mass is 10.1. The van der Waals surface area contributed by atoms with Gasteiger partial charge in [-0.15, -0.1) is 0 Å². The van der Waals surface area contributed by atoms with Crippen LogP contribution in [0, 0.1) is 0 Å². The molecule has 1 rings (SSSR count). The van der Waals surface area contributed by atoms with Crippen LogP contribution in [0.15, 0.2) is 29.6 Å². The molecule has 0 fully saturated rings. The number of aromatic nitrogens is 1. The molecule has 1 aromatic heterocycles. The minimum Gasteiger partial charge on any atom is -0.273 e. The lowest BCUT2D eigenvalue weighted by Crippen LogP contribution is -2.16. The summed E-state index contributed by atoms with van der Waals surface area (Å²) >= 11 is 0. The van der Waals surface area contributed by atoms with Crippen molar-refractivity contribution in [3.05, 3.63) is 30.1 Å². The van der Waals surface area contributed by atoms with Gasteiger partial charge in [0, 0.05) is 18.8 Å². The molecule has 0 aliphatic rings. The topological polar surface area (TPSA) is 54.4 Å². The van der Waals surface area contributed by atoms with Crippen LogP contribution in [0.2, 0.25) is 0 Å². The van der Waals surface area contributed by atoms with Crippen molar-refractivity contribution in [1.82, 2.24) is 10.4 Å². The van der Waals surface area contributed by atoms with Gasteiger partial charge in [-0.25, -0.2) is 5.43 Å². The van der Waals surface area contributed by atoms with E-state index in [1.54, 1.807) is 18.6 Å². The van der Waals surface area contributed by atoms with E-state index in [0.29, 0.717) is 6.42 Å². The molecular weight excluding hydrogens is 262 g/mol. The number of pyridine rings is 1. The summed E-state index contributed by atoms with van der Waals surface area (Å²) in [5.74, 6) is -0.00807. The first-order valence-corrected chi connectivity index (χ1v) is 8.05. The highest BCUT2D eigenvalue weighted by atomic mass is 16.2. The molecule has 116 valence electrons. The molecule has 0 unspecified atom stereocenters. The molecule has 0 aromatic carbocycles. The predicted octanol–water partition coefficient (Wildman–Crippen LogP) is 4.06. The van der Waals surface area contributed by atoms with Crippen LogP contribution in [0.25, 0.3) is 0 Å². The van der Waals surface area contributed by atoms with Gasteiger partial charge in [-0.05, 0) is 24.1 Å². The molecule has 0 radical (unpaired) electrons. The van der Waals surface area contributed by atoms with E-state index < -0.39 is 0 Å². The van der Waals surface area contributed by atoms with E-state index in [-0.39, 0.29) is 5.91 Å². The van der Waals surface area contributed by atoms with E-state index in [9.17, 15) is 4.79 Å². The van der Waals surface area contributed by atoms with Gasteiger partial charge in [-0.1, -0.05) is 51.9 Å². The lowest BCUT2D eigenvalue weighted by Gasteiger charge is -2.01. The van der Waals surface area contributed by atoms with Gasteiger partial charge in [0.05, 0.1) is 6.21 Å². The molecule has 0 spiro atoms. The van der Waals surface area contributed by atoms with Crippen molar-refractivity contribution in [2.45, 2.75) is 64.7 Å². The van der Waals surface area contributed by atoms with E-state index in [0.717, 1.165) is 18.4 Å². The van der Waals surface area contributed by atoms with Crippen molar-refractivity contribution >= 4 is 12.1 Å². The summed E-state index contributed by atoms with van der Waals surface area (Å²) < 4.78 is 0. The van der Waals surface area contributed by atoms with Gasteiger partial charge in [-0.3, -0.25) is 9.78 Å². The largest absolute Gasteiger partial charge is 0.273 e. The van der Waals surface area contributed by atoms with Crippen molar-refractivity contribution < 1.29 is 4.79 Å². The maximum absolute atomic E-state index is 11.6. The Hall–Kier alpha value is -1.71. The third-order valence-electron chi connectivity index (χ3n) is 3.37. The van der Waals surface area contributed by atoms with Crippen molar-refractivity contribution in [3.63, 3.8) is 0 Å². The number of carbonyl (C=O) groups excluding carboxylic acids is 1. The number of carbonyl (C=O) groups is 1. The Bertz CT molecular complexity index is 404. The highest BCUT2D eigenvalue weighted by Gasteiger charge is 1.99. The average Bonchev–Trinajstić information content (AvgIpc) is 2.51. The zero-order chi connectivity index (χ0) is 15.2. The molecule has 1 heterocycles. The van der Waals surface area contributed by atoms with E-state index in [2.05, 4.69) is 22.4 Å². The van der Waals surface area contributed by atoms with Gasteiger partial charge in [0.1, 0.15) is 0 Å². The number of hydrogen-bond acceptors (Lipinski definition) is 3. The van der Waals surface area contributed by atoms with Crippen LogP contribution in [-0.2, 0) is 4.79 Å². The van der Waals surface area contributed by atoms with Crippen LogP contribution < -0.4 is 5.43 Å².